The first-order valence-corrected chi connectivity index (χ1v) is 5.14. The molecule has 0 aromatic heterocycles. The molecule has 16 heavy (non-hydrogen) atoms. The number of anilines is 1. The lowest BCUT2D eigenvalue weighted by molar-refractivity contribution is -0.115. The smallest absolute Gasteiger partial charge is 0.230 e. The van der Waals surface area contributed by atoms with Gasteiger partial charge in [-0.3, -0.25) is 4.79 Å². The number of hydrogen-bond acceptors (Lipinski definition) is 3. The van der Waals surface area contributed by atoms with Gasteiger partial charge in [0, 0.05) is 25.5 Å². The molecule has 0 saturated carbocycles. The second-order valence-electron chi connectivity index (χ2n) is 3.77. The minimum absolute atomic E-state index is 0.0469. The van der Waals surface area contributed by atoms with Crippen LogP contribution in [-0.4, -0.2) is 30.7 Å². The van der Waals surface area contributed by atoms with Gasteiger partial charge in [-0.1, -0.05) is 18.2 Å². The van der Waals surface area contributed by atoms with Crippen molar-refractivity contribution < 1.29 is 4.79 Å². The molecule has 0 saturated heterocycles. The Morgan fingerprint density at radius 2 is 1.94 bits per heavy atom. The lowest BCUT2D eigenvalue weighted by Gasteiger charge is -2.08. The van der Waals surface area contributed by atoms with Gasteiger partial charge in [0.05, 0.1) is 6.42 Å². The van der Waals surface area contributed by atoms with E-state index < -0.39 is 0 Å². The van der Waals surface area contributed by atoms with Gasteiger partial charge in [-0.15, -0.1) is 0 Å². The summed E-state index contributed by atoms with van der Waals surface area (Å²) in [5.41, 5.74) is 1.60. The van der Waals surface area contributed by atoms with Gasteiger partial charge < -0.3 is 10.3 Å². The standard InChI is InChI=1S/C12H17N3O/c1-10(14-15(2)3)9-12(16)13-11-7-5-4-6-8-11/h4-8H,9H2,1-3H3,(H,13,16). The van der Waals surface area contributed by atoms with Gasteiger partial charge in [-0.05, 0) is 19.1 Å². The summed E-state index contributed by atoms with van der Waals surface area (Å²) >= 11 is 0. The number of hydrogen-bond donors (Lipinski definition) is 1. The van der Waals surface area contributed by atoms with Crippen LogP contribution in [0.3, 0.4) is 0 Å². The number of carbonyl (C=O) groups is 1. The molecule has 4 heteroatoms. The summed E-state index contributed by atoms with van der Waals surface area (Å²) in [6.07, 6.45) is 0.313. The van der Waals surface area contributed by atoms with E-state index in [1.807, 2.05) is 51.4 Å². The summed E-state index contributed by atoms with van der Waals surface area (Å²) in [5.74, 6) is -0.0469. The number of nitrogens with zero attached hydrogens (tertiary/aromatic N) is 2. The van der Waals surface area contributed by atoms with E-state index in [-0.39, 0.29) is 5.91 Å². The van der Waals surface area contributed by atoms with Crippen molar-refractivity contribution in [2.75, 3.05) is 19.4 Å². The van der Waals surface area contributed by atoms with E-state index >= 15 is 0 Å². The van der Waals surface area contributed by atoms with Crippen LogP contribution in [0.25, 0.3) is 0 Å². The maximum atomic E-state index is 11.6. The first kappa shape index (κ1) is 12.2. The predicted octanol–water partition coefficient (Wildman–Crippen LogP) is 1.95. The number of rotatable bonds is 4. The molecule has 86 valence electrons. The Morgan fingerprint density at radius 3 is 2.50 bits per heavy atom. The SMILES string of the molecule is CC(CC(=O)Nc1ccccc1)=NN(C)C. The highest BCUT2D eigenvalue weighted by atomic mass is 16.1. The minimum atomic E-state index is -0.0469. The summed E-state index contributed by atoms with van der Waals surface area (Å²) in [6, 6.07) is 9.40. The average molecular weight is 219 g/mol. The third-order valence-corrected chi connectivity index (χ3v) is 1.84. The fourth-order valence-corrected chi connectivity index (χ4v) is 1.34. The molecule has 0 heterocycles. The molecule has 1 N–H and O–H groups in total. The zero-order chi connectivity index (χ0) is 12.0. The highest BCUT2D eigenvalue weighted by Gasteiger charge is 2.04. The highest BCUT2D eigenvalue weighted by Crippen LogP contribution is 2.05. The fraction of sp³-hybridized carbons (Fsp3) is 0.333. The summed E-state index contributed by atoms with van der Waals surface area (Å²) in [7, 11) is 3.66. The van der Waals surface area contributed by atoms with Crippen molar-refractivity contribution >= 4 is 17.3 Å². The maximum absolute atomic E-state index is 11.6. The number of hydrazone groups is 1. The Balaban J connectivity index is 2.49. The van der Waals surface area contributed by atoms with Crippen molar-refractivity contribution in [3.8, 4) is 0 Å². The monoisotopic (exact) mass is 219 g/mol. The van der Waals surface area contributed by atoms with E-state index in [1.54, 1.807) is 5.01 Å². The van der Waals surface area contributed by atoms with Crippen LogP contribution in [0.2, 0.25) is 0 Å². The molecule has 0 aliphatic rings. The zero-order valence-corrected chi connectivity index (χ0v) is 9.90. The number of amides is 1. The normalized spacial score (nSPS) is 11.1. The molecule has 1 aromatic rings. The quantitative estimate of drug-likeness (QED) is 0.621. The Kier molecular flexibility index (Phi) is 4.51. The van der Waals surface area contributed by atoms with Crippen LogP contribution in [0.4, 0.5) is 5.69 Å². The first-order chi connectivity index (χ1) is 7.58. The van der Waals surface area contributed by atoms with E-state index in [0.29, 0.717) is 6.42 Å². The summed E-state index contributed by atoms with van der Waals surface area (Å²) in [4.78, 5) is 11.6. The molecule has 0 aliphatic heterocycles. The lowest BCUT2D eigenvalue weighted by Crippen LogP contribution is -2.16. The van der Waals surface area contributed by atoms with Crippen molar-refractivity contribution in [1.82, 2.24) is 5.01 Å². The zero-order valence-electron chi connectivity index (χ0n) is 9.90. The molecule has 0 unspecified atom stereocenters. The third kappa shape index (κ3) is 4.59. The molecule has 1 rings (SSSR count). The molecule has 0 spiro atoms. The second-order valence-corrected chi connectivity index (χ2v) is 3.77. The summed E-state index contributed by atoms with van der Waals surface area (Å²) in [5, 5.41) is 8.64. The van der Waals surface area contributed by atoms with Gasteiger partial charge in [0.15, 0.2) is 0 Å². The Morgan fingerprint density at radius 1 is 1.31 bits per heavy atom. The van der Waals surface area contributed by atoms with Crippen LogP contribution in [0.15, 0.2) is 35.4 Å². The van der Waals surface area contributed by atoms with E-state index in [9.17, 15) is 4.79 Å². The topological polar surface area (TPSA) is 44.7 Å². The van der Waals surface area contributed by atoms with Crippen molar-refractivity contribution in [1.29, 1.82) is 0 Å². The molecule has 0 bridgehead atoms. The minimum Gasteiger partial charge on any atom is -0.326 e. The second kappa shape index (κ2) is 5.90. The summed E-state index contributed by atoms with van der Waals surface area (Å²) < 4.78 is 0. The molecule has 0 radical (unpaired) electrons. The Bertz CT molecular complexity index is 371. The van der Waals surface area contributed by atoms with Crippen molar-refractivity contribution in [3.63, 3.8) is 0 Å². The molecule has 0 fully saturated rings. The van der Waals surface area contributed by atoms with Crippen molar-refractivity contribution in [2.45, 2.75) is 13.3 Å². The van der Waals surface area contributed by atoms with Crippen LogP contribution in [0, 0.1) is 0 Å². The maximum Gasteiger partial charge on any atom is 0.230 e. The predicted molar refractivity (Wildman–Crippen MR) is 66.5 cm³/mol. The van der Waals surface area contributed by atoms with Gasteiger partial charge in [-0.2, -0.15) is 5.10 Å². The third-order valence-electron chi connectivity index (χ3n) is 1.84. The number of para-hydroxylation sites is 1. The van der Waals surface area contributed by atoms with Gasteiger partial charge >= 0.3 is 0 Å². The van der Waals surface area contributed by atoms with Crippen LogP contribution >= 0.6 is 0 Å². The molecule has 1 amide bonds. The average Bonchev–Trinajstić information content (AvgIpc) is 2.17. The molecular weight excluding hydrogens is 202 g/mol. The van der Waals surface area contributed by atoms with E-state index in [2.05, 4.69) is 10.4 Å². The molecule has 4 nitrogen and oxygen atoms in total. The van der Waals surface area contributed by atoms with Gasteiger partial charge in [0.25, 0.3) is 0 Å². The lowest BCUT2D eigenvalue weighted by atomic mass is 10.2. The highest BCUT2D eigenvalue weighted by molar-refractivity contribution is 6.05. The van der Waals surface area contributed by atoms with Crippen LogP contribution in [0.5, 0.6) is 0 Å². The van der Waals surface area contributed by atoms with E-state index in [0.717, 1.165) is 11.4 Å². The Hall–Kier alpha value is -1.84. The van der Waals surface area contributed by atoms with E-state index in [1.165, 1.54) is 0 Å². The molecule has 1 aromatic carbocycles. The van der Waals surface area contributed by atoms with Gasteiger partial charge in [-0.25, -0.2) is 0 Å². The first-order valence-electron chi connectivity index (χ1n) is 5.14. The number of nitrogens with one attached hydrogen (secondary N) is 1. The molecular formula is C12H17N3O. The van der Waals surface area contributed by atoms with Crippen LogP contribution in [-0.2, 0) is 4.79 Å². The summed E-state index contributed by atoms with van der Waals surface area (Å²) in [6.45, 7) is 1.84. The van der Waals surface area contributed by atoms with Gasteiger partial charge in [0.2, 0.25) is 5.91 Å². The van der Waals surface area contributed by atoms with Crippen LogP contribution in [0.1, 0.15) is 13.3 Å². The Labute approximate surface area is 96.0 Å². The largest absolute Gasteiger partial charge is 0.326 e. The fourth-order valence-electron chi connectivity index (χ4n) is 1.34. The van der Waals surface area contributed by atoms with E-state index in [4.69, 9.17) is 0 Å². The molecule has 0 atom stereocenters. The van der Waals surface area contributed by atoms with Crippen molar-refractivity contribution in [3.05, 3.63) is 30.3 Å². The number of benzene rings is 1. The number of carbonyl (C=O) groups excluding carboxylic acids is 1. The van der Waals surface area contributed by atoms with Crippen LogP contribution < -0.4 is 5.32 Å². The van der Waals surface area contributed by atoms with Crippen molar-refractivity contribution in [2.24, 2.45) is 5.10 Å². The van der Waals surface area contributed by atoms with Gasteiger partial charge in [0.1, 0.15) is 0 Å². The molecule has 0 aliphatic carbocycles.